The molecule has 0 unspecified atom stereocenters. The molecule has 1 aliphatic heterocycles. The number of benzene rings is 1. The molecule has 0 spiro atoms. The lowest BCUT2D eigenvalue weighted by atomic mass is 10.1. The second-order valence-electron chi connectivity index (χ2n) is 5.75. The predicted octanol–water partition coefficient (Wildman–Crippen LogP) is 3.42. The number of hydrogen-bond donors (Lipinski definition) is 1. The maximum Gasteiger partial charge on any atom is 0.227 e. The Morgan fingerprint density at radius 2 is 1.85 bits per heavy atom. The first-order valence-electron chi connectivity index (χ1n) is 7.59. The molecule has 1 aromatic heterocycles. The lowest BCUT2D eigenvalue weighted by molar-refractivity contribution is -0.130. The van der Waals surface area contributed by atoms with Gasteiger partial charge >= 0.3 is 0 Å². The van der Waals surface area contributed by atoms with Crippen molar-refractivity contribution in [3.05, 3.63) is 35.5 Å². The van der Waals surface area contributed by atoms with Gasteiger partial charge in [0.2, 0.25) is 5.91 Å². The van der Waals surface area contributed by atoms with Gasteiger partial charge in [0.1, 0.15) is 0 Å². The zero-order valence-corrected chi connectivity index (χ0v) is 12.1. The summed E-state index contributed by atoms with van der Waals surface area (Å²) in [5, 5.41) is 1.19. The van der Waals surface area contributed by atoms with Gasteiger partial charge in [-0.1, -0.05) is 31.0 Å². The van der Waals surface area contributed by atoms with Crippen LogP contribution < -0.4 is 0 Å². The Hall–Kier alpha value is -1.77. The minimum absolute atomic E-state index is 0.278. The van der Waals surface area contributed by atoms with Gasteiger partial charge in [0.25, 0.3) is 0 Å². The Labute approximate surface area is 120 Å². The standard InChI is InChI=1S/C17H22N2O/c1-13-15(14-8-4-5-9-16(14)18-13)12-17(20)19-10-6-2-3-7-11-19/h4-5,8-9,18H,2-3,6-7,10-12H2,1H3. The van der Waals surface area contributed by atoms with E-state index in [1.54, 1.807) is 0 Å². The van der Waals surface area contributed by atoms with Crippen molar-refractivity contribution < 1.29 is 4.79 Å². The van der Waals surface area contributed by atoms with E-state index in [0.29, 0.717) is 6.42 Å². The van der Waals surface area contributed by atoms with Gasteiger partial charge < -0.3 is 9.88 Å². The quantitative estimate of drug-likeness (QED) is 0.891. The minimum atomic E-state index is 0.278. The summed E-state index contributed by atoms with van der Waals surface area (Å²) in [6, 6.07) is 8.24. The maximum absolute atomic E-state index is 12.5. The Morgan fingerprint density at radius 1 is 1.15 bits per heavy atom. The highest BCUT2D eigenvalue weighted by atomic mass is 16.2. The molecule has 0 bridgehead atoms. The first-order valence-corrected chi connectivity index (χ1v) is 7.59. The Balaban J connectivity index is 1.81. The van der Waals surface area contributed by atoms with Crippen LogP contribution in [0.2, 0.25) is 0 Å². The molecule has 0 aliphatic carbocycles. The van der Waals surface area contributed by atoms with Crippen molar-refractivity contribution in [2.24, 2.45) is 0 Å². The number of nitrogens with zero attached hydrogens (tertiary/aromatic N) is 1. The highest BCUT2D eigenvalue weighted by Gasteiger charge is 2.18. The largest absolute Gasteiger partial charge is 0.358 e. The van der Waals surface area contributed by atoms with Crippen LogP contribution in [0.4, 0.5) is 0 Å². The number of rotatable bonds is 2. The lowest BCUT2D eigenvalue weighted by Gasteiger charge is -2.20. The van der Waals surface area contributed by atoms with E-state index in [0.717, 1.165) is 42.7 Å². The van der Waals surface area contributed by atoms with Gasteiger partial charge in [0.15, 0.2) is 0 Å². The summed E-state index contributed by atoms with van der Waals surface area (Å²) < 4.78 is 0. The highest BCUT2D eigenvalue weighted by Crippen LogP contribution is 2.23. The number of para-hydroxylation sites is 1. The SMILES string of the molecule is Cc1[nH]c2ccccc2c1CC(=O)N1CCCCCC1. The Kier molecular flexibility index (Phi) is 3.77. The number of nitrogens with one attached hydrogen (secondary N) is 1. The second-order valence-corrected chi connectivity index (χ2v) is 5.75. The van der Waals surface area contributed by atoms with Crippen molar-refractivity contribution >= 4 is 16.8 Å². The van der Waals surface area contributed by atoms with E-state index in [4.69, 9.17) is 0 Å². The number of aryl methyl sites for hydroxylation is 1. The number of amides is 1. The first kappa shape index (κ1) is 13.2. The zero-order chi connectivity index (χ0) is 13.9. The van der Waals surface area contributed by atoms with Crippen LogP contribution in [0.3, 0.4) is 0 Å². The van der Waals surface area contributed by atoms with Crippen LogP contribution in [0.5, 0.6) is 0 Å². The molecule has 3 nitrogen and oxygen atoms in total. The molecule has 0 radical (unpaired) electrons. The van der Waals surface area contributed by atoms with Gasteiger partial charge in [0, 0.05) is 29.7 Å². The molecule has 1 amide bonds. The number of fused-ring (bicyclic) bond motifs is 1. The number of H-pyrrole nitrogens is 1. The lowest BCUT2D eigenvalue weighted by Crippen LogP contribution is -2.33. The van der Waals surface area contributed by atoms with E-state index < -0.39 is 0 Å². The van der Waals surface area contributed by atoms with E-state index in [2.05, 4.69) is 24.0 Å². The number of carbonyl (C=O) groups excluding carboxylic acids is 1. The van der Waals surface area contributed by atoms with Crippen LogP contribution in [0.1, 0.15) is 36.9 Å². The van der Waals surface area contributed by atoms with Gasteiger partial charge in [-0.3, -0.25) is 4.79 Å². The average Bonchev–Trinajstić information content (AvgIpc) is 2.66. The fourth-order valence-electron chi connectivity index (χ4n) is 3.15. The van der Waals surface area contributed by atoms with Gasteiger partial charge in [-0.15, -0.1) is 0 Å². The maximum atomic E-state index is 12.5. The van der Waals surface area contributed by atoms with Crippen molar-refractivity contribution in [3.63, 3.8) is 0 Å². The van der Waals surface area contributed by atoms with Crippen molar-refractivity contribution in [2.45, 2.75) is 39.0 Å². The molecule has 1 aliphatic rings. The summed E-state index contributed by atoms with van der Waals surface area (Å²) in [6.07, 6.45) is 5.35. The van der Waals surface area contributed by atoms with Gasteiger partial charge in [-0.2, -0.15) is 0 Å². The van der Waals surface area contributed by atoms with Crippen LogP contribution in [0, 0.1) is 6.92 Å². The molecule has 1 saturated heterocycles. The first-order chi connectivity index (χ1) is 9.75. The second kappa shape index (κ2) is 5.70. The number of aromatic amines is 1. The van der Waals surface area contributed by atoms with Crippen molar-refractivity contribution in [1.29, 1.82) is 0 Å². The van der Waals surface area contributed by atoms with Crippen LogP contribution in [-0.4, -0.2) is 28.9 Å². The summed E-state index contributed by atoms with van der Waals surface area (Å²) in [6.45, 7) is 3.92. The summed E-state index contributed by atoms with van der Waals surface area (Å²) in [7, 11) is 0. The van der Waals surface area contributed by atoms with Crippen molar-refractivity contribution in [3.8, 4) is 0 Å². The number of likely N-dealkylation sites (tertiary alicyclic amines) is 1. The topological polar surface area (TPSA) is 36.1 Å². The molecule has 2 aromatic rings. The fourth-order valence-corrected chi connectivity index (χ4v) is 3.15. The minimum Gasteiger partial charge on any atom is -0.358 e. The van der Waals surface area contributed by atoms with Crippen molar-refractivity contribution in [2.75, 3.05) is 13.1 Å². The molecule has 1 aromatic carbocycles. The summed E-state index contributed by atoms with van der Waals surface area (Å²) in [5.74, 6) is 0.278. The molecular formula is C17H22N2O. The Morgan fingerprint density at radius 3 is 2.60 bits per heavy atom. The molecule has 1 fully saturated rings. The molecule has 2 heterocycles. The summed E-state index contributed by atoms with van der Waals surface area (Å²) in [5.41, 5.74) is 3.41. The van der Waals surface area contributed by atoms with Crippen LogP contribution in [0.25, 0.3) is 10.9 Å². The monoisotopic (exact) mass is 270 g/mol. The van der Waals surface area contributed by atoms with Crippen LogP contribution in [-0.2, 0) is 11.2 Å². The molecule has 1 N–H and O–H groups in total. The molecule has 3 rings (SSSR count). The average molecular weight is 270 g/mol. The highest BCUT2D eigenvalue weighted by molar-refractivity contribution is 5.90. The van der Waals surface area contributed by atoms with E-state index in [1.165, 1.54) is 18.2 Å². The summed E-state index contributed by atoms with van der Waals surface area (Å²) in [4.78, 5) is 18.0. The van der Waals surface area contributed by atoms with E-state index >= 15 is 0 Å². The molecule has 106 valence electrons. The van der Waals surface area contributed by atoms with Crippen LogP contribution in [0.15, 0.2) is 24.3 Å². The molecule has 0 saturated carbocycles. The van der Waals surface area contributed by atoms with Crippen LogP contribution >= 0.6 is 0 Å². The smallest absolute Gasteiger partial charge is 0.227 e. The summed E-state index contributed by atoms with van der Waals surface area (Å²) >= 11 is 0. The van der Waals surface area contributed by atoms with E-state index in [9.17, 15) is 4.79 Å². The number of hydrogen-bond acceptors (Lipinski definition) is 1. The molecule has 0 atom stereocenters. The normalized spacial score (nSPS) is 16.4. The third-order valence-electron chi connectivity index (χ3n) is 4.31. The molecular weight excluding hydrogens is 248 g/mol. The molecule has 20 heavy (non-hydrogen) atoms. The Bertz CT molecular complexity index is 606. The van der Waals surface area contributed by atoms with E-state index in [-0.39, 0.29) is 5.91 Å². The predicted molar refractivity (Wildman–Crippen MR) is 81.8 cm³/mol. The fraction of sp³-hybridized carbons (Fsp3) is 0.471. The number of carbonyl (C=O) groups is 1. The van der Waals surface area contributed by atoms with E-state index in [1.807, 2.05) is 17.0 Å². The van der Waals surface area contributed by atoms with Gasteiger partial charge in [0.05, 0.1) is 6.42 Å². The number of aromatic nitrogens is 1. The third-order valence-corrected chi connectivity index (χ3v) is 4.31. The van der Waals surface area contributed by atoms with Crippen molar-refractivity contribution in [1.82, 2.24) is 9.88 Å². The van der Waals surface area contributed by atoms with Gasteiger partial charge in [-0.05, 0) is 31.4 Å². The third kappa shape index (κ3) is 2.58. The zero-order valence-electron chi connectivity index (χ0n) is 12.1. The molecule has 3 heteroatoms. The van der Waals surface area contributed by atoms with Gasteiger partial charge in [-0.25, -0.2) is 0 Å².